The van der Waals surface area contributed by atoms with E-state index in [-0.39, 0.29) is 13.0 Å². The lowest BCUT2D eigenvalue weighted by atomic mass is 10.1. The predicted octanol–water partition coefficient (Wildman–Crippen LogP) is 5.09. The zero-order valence-electron chi connectivity index (χ0n) is 16.4. The molecule has 1 atom stereocenters. The highest BCUT2D eigenvalue weighted by Crippen LogP contribution is 2.26. The molecule has 2 aromatic carbocycles. The van der Waals surface area contributed by atoms with Crippen LogP contribution in [0.25, 0.3) is 0 Å². The van der Waals surface area contributed by atoms with Crippen molar-refractivity contribution in [3.8, 4) is 5.75 Å². The molecule has 2 N–H and O–H groups in total. The molecule has 0 saturated carbocycles. The molecule has 0 aromatic heterocycles. The van der Waals surface area contributed by atoms with Crippen LogP contribution in [0.1, 0.15) is 31.9 Å². The molecule has 0 fully saturated rings. The van der Waals surface area contributed by atoms with Gasteiger partial charge in [-0.2, -0.15) is 0 Å². The van der Waals surface area contributed by atoms with Gasteiger partial charge in [0, 0.05) is 12.0 Å². The Morgan fingerprint density at radius 1 is 1.10 bits per heavy atom. The number of carbonyl (C=O) groups excluding carboxylic acids is 1. The number of hydrogen-bond acceptors (Lipinski definition) is 4. The summed E-state index contributed by atoms with van der Waals surface area (Å²) in [6.07, 6.45) is -0.669. The molecule has 0 radical (unpaired) electrons. The number of rotatable bonds is 7. The molecule has 8 heteroatoms. The van der Waals surface area contributed by atoms with Gasteiger partial charge in [0.05, 0.1) is 10.0 Å². The minimum Gasteiger partial charge on any atom is -0.489 e. The third-order valence-corrected chi connectivity index (χ3v) is 4.64. The third kappa shape index (κ3) is 7.48. The van der Waals surface area contributed by atoms with Gasteiger partial charge < -0.3 is 19.9 Å². The van der Waals surface area contributed by atoms with Crippen molar-refractivity contribution in [2.75, 3.05) is 0 Å². The molecule has 0 bridgehead atoms. The number of benzene rings is 2. The molecule has 156 valence electrons. The van der Waals surface area contributed by atoms with Gasteiger partial charge in [0.1, 0.15) is 24.0 Å². The summed E-state index contributed by atoms with van der Waals surface area (Å²) in [4.78, 5) is 23.3. The first-order chi connectivity index (χ1) is 13.5. The fraction of sp³-hybridized carbons (Fsp3) is 0.333. The van der Waals surface area contributed by atoms with E-state index in [1.807, 2.05) is 6.07 Å². The predicted molar refractivity (Wildman–Crippen MR) is 112 cm³/mol. The summed E-state index contributed by atoms with van der Waals surface area (Å²) >= 11 is 12.1. The number of amides is 1. The molecule has 2 rings (SSSR count). The zero-order valence-corrected chi connectivity index (χ0v) is 17.9. The van der Waals surface area contributed by atoms with E-state index in [0.717, 1.165) is 11.1 Å². The standard InChI is InChI=1S/C21H23Cl2NO5/c1-21(2,3)29-20(27)24-17(19(25)26)11-13-7-9-15(10-8-13)28-12-14-5-4-6-16(22)18(14)23/h4-10,17H,11-12H2,1-3H3,(H,24,27)(H,25,26)/t17-/m0/s1. The summed E-state index contributed by atoms with van der Waals surface area (Å²) in [5, 5.41) is 12.7. The summed E-state index contributed by atoms with van der Waals surface area (Å²) in [5.41, 5.74) is 0.773. The first-order valence-electron chi connectivity index (χ1n) is 8.92. The average molecular weight is 440 g/mol. The number of alkyl carbamates (subject to hydrolysis) is 1. The SMILES string of the molecule is CC(C)(C)OC(=O)N[C@@H](Cc1ccc(OCc2cccc(Cl)c2Cl)cc1)C(=O)O. The Morgan fingerprint density at radius 3 is 2.34 bits per heavy atom. The lowest BCUT2D eigenvalue weighted by Gasteiger charge is -2.22. The fourth-order valence-electron chi connectivity index (χ4n) is 2.43. The first kappa shape index (κ1) is 22.8. The van der Waals surface area contributed by atoms with Crippen LogP contribution in [0.5, 0.6) is 5.75 Å². The zero-order chi connectivity index (χ0) is 21.6. The van der Waals surface area contributed by atoms with Crippen molar-refractivity contribution in [2.24, 2.45) is 0 Å². The van der Waals surface area contributed by atoms with Crippen molar-refractivity contribution in [3.63, 3.8) is 0 Å². The van der Waals surface area contributed by atoms with E-state index in [2.05, 4.69) is 5.32 Å². The Morgan fingerprint density at radius 2 is 1.76 bits per heavy atom. The van der Waals surface area contributed by atoms with Gasteiger partial charge in [-0.05, 0) is 44.5 Å². The Kier molecular flexibility index (Phi) is 7.76. The average Bonchev–Trinajstić information content (AvgIpc) is 2.62. The second-order valence-electron chi connectivity index (χ2n) is 7.39. The molecule has 6 nitrogen and oxygen atoms in total. The summed E-state index contributed by atoms with van der Waals surface area (Å²) in [7, 11) is 0. The smallest absolute Gasteiger partial charge is 0.408 e. The minimum absolute atomic E-state index is 0.106. The summed E-state index contributed by atoms with van der Waals surface area (Å²) < 4.78 is 10.8. The van der Waals surface area contributed by atoms with Crippen LogP contribution in [0, 0.1) is 0 Å². The van der Waals surface area contributed by atoms with Crippen LogP contribution in [-0.4, -0.2) is 28.8 Å². The molecule has 0 aliphatic heterocycles. The molecule has 1 amide bonds. The van der Waals surface area contributed by atoms with Crippen molar-refractivity contribution >= 4 is 35.3 Å². The molecule has 29 heavy (non-hydrogen) atoms. The van der Waals surface area contributed by atoms with Gasteiger partial charge in [0.15, 0.2) is 0 Å². The summed E-state index contributed by atoms with van der Waals surface area (Å²) in [5.74, 6) is -0.552. The lowest BCUT2D eigenvalue weighted by Crippen LogP contribution is -2.44. The van der Waals surface area contributed by atoms with Crippen molar-refractivity contribution < 1.29 is 24.2 Å². The topological polar surface area (TPSA) is 84.9 Å². The van der Waals surface area contributed by atoms with Gasteiger partial charge in [-0.25, -0.2) is 9.59 Å². The van der Waals surface area contributed by atoms with E-state index in [1.165, 1.54) is 0 Å². The van der Waals surface area contributed by atoms with Crippen molar-refractivity contribution in [2.45, 2.75) is 45.4 Å². The maximum Gasteiger partial charge on any atom is 0.408 e. The minimum atomic E-state index is -1.15. The quantitative estimate of drug-likeness (QED) is 0.627. The van der Waals surface area contributed by atoms with Gasteiger partial charge >= 0.3 is 12.1 Å². The van der Waals surface area contributed by atoms with Gasteiger partial charge in [0.2, 0.25) is 0 Å². The highest BCUT2D eigenvalue weighted by Gasteiger charge is 2.24. The van der Waals surface area contributed by atoms with E-state index in [1.54, 1.807) is 57.2 Å². The number of carboxylic acid groups (broad SMARTS) is 1. The second kappa shape index (κ2) is 9.85. The largest absolute Gasteiger partial charge is 0.489 e. The number of carboxylic acids is 1. The van der Waals surface area contributed by atoms with Crippen LogP contribution in [-0.2, 0) is 22.6 Å². The van der Waals surface area contributed by atoms with E-state index in [4.69, 9.17) is 32.7 Å². The Balaban J connectivity index is 1.96. The van der Waals surface area contributed by atoms with E-state index in [9.17, 15) is 14.7 Å². The van der Waals surface area contributed by atoms with Crippen LogP contribution in [0.2, 0.25) is 10.0 Å². The van der Waals surface area contributed by atoms with Crippen molar-refractivity contribution in [1.29, 1.82) is 0 Å². The van der Waals surface area contributed by atoms with E-state index < -0.39 is 23.7 Å². The number of aliphatic carboxylic acids is 1. The molecular formula is C21H23Cl2NO5. The van der Waals surface area contributed by atoms with Crippen LogP contribution in [0.3, 0.4) is 0 Å². The number of nitrogens with one attached hydrogen (secondary N) is 1. The normalized spacial score (nSPS) is 12.2. The molecule has 0 unspecified atom stereocenters. The van der Waals surface area contributed by atoms with Crippen LogP contribution < -0.4 is 10.1 Å². The monoisotopic (exact) mass is 439 g/mol. The second-order valence-corrected chi connectivity index (χ2v) is 8.17. The van der Waals surface area contributed by atoms with Gasteiger partial charge in [0.25, 0.3) is 0 Å². The number of carbonyl (C=O) groups is 2. The van der Waals surface area contributed by atoms with Crippen LogP contribution in [0.15, 0.2) is 42.5 Å². The highest BCUT2D eigenvalue weighted by molar-refractivity contribution is 6.42. The van der Waals surface area contributed by atoms with E-state index in [0.29, 0.717) is 15.8 Å². The van der Waals surface area contributed by atoms with Crippen LogP contribution >= 0.6 is 23.2 Å². The van der Waals surface area contributed by atoms with Crippen LogP contribution in [0.4, 0.5) is 4.79 Å². The Labute approximate surface area is 179 Å². The Bertz CT molecular complexity index is 862. The molecule has 0 spiro atoms. The summed E-state index contributed by atoms with van der Waals surface area (Å²) in [6, 6.07) is 11.1. The molecule has 2 aromatic rings. The summed E-state index contributed by atoms with van der Waals surface area (Å²) in [6.45, 7) is 5.36. The van der Waals surface area contributed by atoms with Crippen molar-refractivity contribution in [3.05, 3.63) is 63.6 Å². The Hall–Kier alpha value is -2.44. The maximum atomic E-state index is 11.9. The third-order valence-electron chi connectivity index (χ3n) is 3.78. The van der Waals surface area contributed by atoms with Crippen molar-refractivity contribution in [1.82, 2.24) is 5.32 Å². The molecule has 0 aliphatic carbocycles. The highest BCUT2D eigenvalue weighted by atomic mass is 35.5. The fourth-order valence-corrected chi connectivity index (χ4v) is 2.80. The number of hydrogen-bond donors (Lipinski definition) is 2. The molecule has 0 saturated heterocycles. The van der Waals surface area contributed by atoms with Gasteiger partial charge in [-0.15, -0.1) is 0 Å². The molecular weight excluding hydrogens is 417 g/mol. The molecule has 0 aliphatic rings. The number of halogens is 2. The first-order valence-corrected chi connectivity index (χ1v) is 9.67. The van der Waals surface area contributed by atoms with Gasteiger partial charge in [-0.1, -0.05) is 47.5 Å². The number of ether oxygens (including phenoxy) is 2. The van der Waals surface area contributed by atoms with E-state index >= 15 is 0 Å². The maximum absolute atomic E-state index is 11.9. The lowest BCUT2D eigenvalue weighted by molar-refractivity contribution is -0.139. The van der Waals surface area contributed by atoms with Gasteiger partial charge in [-0.3, -0.25) is 0 Å². The molecule has 0 heterocycles.